The molecule has 0 aromatic heterocycles. The third-order valence-corrected chi connectivity index (χ3v) is 3.38. The summed E-state index contributed by atoms with van der Waals surface area (Å²) in [6, 6.07) is 6.29. The topological polar surface area (TPSA) is 46.6 Å². The van der Waals surface area contributed by atoms with E-state index in [0.29, 0.717) is 6.54 Å². The number of carbonyl (C=O) groups excluding carboxylic acids is 2. The molecule has 0 aliphatic heterocycles. The molecule has 102 valence electrons. The summed E-state index contributed by atoms with van der Waals surface area (Å²) in [6.45, 7) is 2.34. The first-order valence-electron chi connectivity index (χ1n) is 6.64. The molecule has 0 saturated heterocycles. The van der Waals surface area contributed by atoms with Crippen LogP contribution in [0.5, 0.6) is 0 Å². The largest absolute Gasteiger partial charge is 0.459 e. The van der Waals surface area contributed by atoms with Gasteiger partial charge in [-0.1, -0.05) is 18.2 Å². The number of hydrogen-bond acceptors (Lipinski definition) is 3. The number of likely N-dealkylation sites (N-methyl/N-ethyl adjacent to an activating group) is 1. The first-order chi connectivity index (χ1) is 9.11. The van der Waals surface area contributed by atoms with E-state index in [0.717, 1.165) is 18.4 Å². The maximum Gasteiger partial charge on any atom is 0.397 e. The van der Waals surface area contributed by atoms with Gasteiger partial charge in [0.1, 0.15) is 0 Å². The maximum absolute atomic E-state index is 11.7. The number of amides is 1. The fourth-order valence-electron chi connectivity index (χ4n) is 2.42. The molecule has 0 saturated carbocycles. The molecule has 0 unspecified atom stereocenters. The Kier molecular flexibility index (Phi) is 4.20. The van der Waals surface area contributed by atoms with Gasteiger partial charge < -0.3 is 9.64 Å². The molecule has 0 N–H and O–H groups in total. The molecule has 1 aliphatic rings. The van der Waals surface area contributed by atoms with Crippen molar-refractivity contribution < 1.29 is 14.3 Å². The summed E-state index contributed by atoms with van der Waals surface area (Å²) >= 11 is 0. The fraction of sp³-hybridized carbons (Fsp3) is 0.467. The maximum atomic E-state index is 11.7. The van der Waals surface area contributed by atoms with Crippen LogP contribution < -0.4 is 0 Å². The van der Waals surface area contributed by atoms with Crippen LogP contribution >= 0.6 is 0 Å². The molecule has 0 fully saturated rings. The minimum Gasteiger partial charge on any atom is -0.459 e. The summed E-state index contributed by atoms with van der Waals surface area (Å²) in [7, 11) is 1.62. The van der Waals surface area contributed by atoms with Crippen molar-refractivity contribution in [2.45, 2.75) is 32.7 Å². The zero-order valence-corrected chi connectivity index (χ0v) is 11.4. The molecule has 1 aromatic rings. The number of hydrogen-bond donors (Lipinski definition) is 0. The Labute approximate surface area is 113 Å². The number of esters is 1. The lowest BCUT2D eigenvalue weighted by Crippen LogP contribution is -2.34. The molecule has 2 rings (SSSR count). The van der Waals surface area contributed by atoms with Crippen molar-refractivity contribution in [3.8, 4) is 0 Å². The van der Waals surface area contributed by atoms with Crippen molar-refractivity contribution in [3.63, 3.8) is 0 Å². The van der Waals surface area contributed by atoms with E-state index in [9.17, 15) is 9.59 Å². The van der Waals surface area contributed by atoms with Crippen molar-refractivity contribution in [1.82, 2.24) is 4.90 Å². The van der Waals surface area contributed by atoms with E-state index in [4.69, 9.17) is 4.74 Å². The third kappa shape index (κ3) is 3.13. The molecular weight excluding hydrogens is 242 g/mol. The van der Waals surface area contributed by atoms with Gasteiger partial charge in [0.15, 0.2) is 0 Å². The van der Waals surface area contributed by atoms with Crippen molar-refractivity contribution in [1.29, 1.82) is 0 Å². The second kappa shape index (κ2) is 5.87. The fourth-order valence-corrected chi connectivity index (χ4v) is 2.42. The molecule has 1 amide bonds. The van der Waals surface area contributed by atoms with Crippen LogP contribution in [-0.2, 0) is 33.7 Å². The minimum atomic E-state index is -0.786. The summed E-state index contributed by atoms with van der Waals surface area (Å²) < 4.78 is 4.71. The van der Waals surface area contributed by atoms with Crippen LogP contribution in [0.3, 0.4) is 0 Å². The smallest absolute Gasteiger partial charge is 0.397 e. The van der Waals surface area contributed by atoms with Crippen LogP contribution in [0.25, 0.3) is 0 Å². The zero-order valence-electron chi connectivity index (χ0n) is 11.4. The highest BCUT2D eigenvalue weighted by Crippen LogP contribution is 2.23. The number of fused-ring (bicyclic) bond motifs is 1. The Bertz CT molecular complexity index is 496. The molecule has 4 heteroatoms. The average molecular weight is 261 g/mol. The van der Waals surface area contributed by atoms with Crippen molar-refractivity contribution >= 4 is 11.9 Å². The van der Waals surface area contributed by atoms with E-state index in [2.05, 4.69) is 12.1 Å². The van der Waals surface area contributed by atoms with Crippen LogP contribution in [0.1, 0.15) is 30.0 Å². The molecule has 0 bridgehead atoms. The van der Waals surface area contributed by atoms with Gasteiger partial charge >= 0.3 is 11.9 Å². The van der Waals surface area contributed by atoms with E-state index in [-0.39, 0.29) is 6.61 Å². The van der Waals surface area contributed by atoms with Crippen LogP contribution in [-0.4, -0.2) is 30.4 Å². The SMILES string of the molecule is CCOC(=O)C(=O)N(C)Cc1ccc2c(c1)CCC2. The molecule has 0 atom stereocenters. The highest BCUT2D eigenvalue weighted by molar-refractivity contribution is 6.32. The van der Waals surface area contributed by atoms with Gasteiger partial charge in [-0.2, -0.15) is 0 Å². The summed E-state index contributed by atoms with van der Waals surface area (Å²) in [4.78, 5) is 24.5. The third-order valence-electron chi connectivity index (χ3n) is 3.38. The quantitative estimate of drug-likeness (QED) is 0.614. The first kappa shape index (κ1) is 13.6. The zero-order chi connectivity index (χ0) is 13.8. The molecule has 0 heterocycles. The van der Waals surface area contributed by atoms with E-state index < -0.39 is 11.9 Å². The Morgan fingerprint density at radius 3 is 2.74 bits per heavy atom. The van der Waals surface area contributed by atoms with Gasteiger partial charge in [0, 0.05) is 13.6 Å². The van der Waals surface area contributed by atoms with E-state index in [1.165, 1.54) is 22.4 Å². The lowest BCUT2D eigenvalue weighted by atomic mass is 10.1. The number of benzene rings is 1. The van der Waals surface area contributed by atoms with E-state index in [1.807, 2.05) is 6.07 Å². The number of aryl methyl sites for hydroxylation is 2. The van der Waals surface area contributed by atoms with E-state index in [1.54, 1.807) is 14.0 Å². The lowest BCUT2D eigenvalue weighted by molar-refractivity contribution is -0.159. The first-order valence-corrected chi connectivity index (χ1v) is 6.64. The Balaban J connectivity index is 2.00. The molecule has 0 radical (unpaired) electrons. The normalized spacial score (nSPS) is 12.9. The van der Waals surface area contributed by atoms with Crippen LogP contribution in [0, 0.1) is 0 Å². The predicted octanol–water partition coefficient (Wildman–Crippen LogP) is 1.70. The Morgan fingerprint density at radius 1 is 1.26 bits per heavy atom. The summed E-state index contributed by atoms with van der Waals surface area (Å²) in [5.41, 5.74) is 3.83. The van der Waals surface area contributed by atoms with Gasteiger partial charge in [-0.15, -0.1) is 0 Å². The van der Waals surface area contributed by atoms with Crippen molar-refractivity contribution in [2.24, 2.45) is 0 Å². The lowest BCUT2D eigenvalue weighted by Gasteiger charge is -2.16. The van der Waals surface area contributed by atoms with Gasteiger partial charge in [0.05, 0.1) is 6.61 Å². The number of ether oxygens (including phenoxy) is 1. The Hall–Kier alpha value is -1.84. The molecule has 19 heavy (non-hydrogen) atoms. The second-order valence-electron chi connectivity index (χ2n) is 4.84. The van der Waals surface area contributed by atoms with Crippen LogP contribution in [0.2, 0.25) is 0 Å². The second-order valence-corrected chi connectivity index (χ2v) is 4.84. The minimum absolute atomic E-state index is 0.220. The Morgan fingerprint density at radius 2 is 2.00 bits per heavy atom. The summed E-state index contributed by atoms with van der Waals surface area (Å²) in [6.07, 6.45) is 3.46. The van der Waals surface area contributed by atoms with Gasteiger partial charge in [0.25, 0.3) is 0 Å². The number of rotatable bonds is 3. The van der Waals surface area contributed by atoms with E-state index >= 15 is 0 Å². The van der Waals surface area contributed by atoms with Crippen LogP contribution in [0.4, 0.5) is 0 Å². The molecule has 4 nitrogen and oxygen atoms in total. The molecule has 0 spiro atoms. The summed E-state index contributed by atoms with van der Waals surface area (Å²) in [5, 5.41) is 0. The van der Waals surface area contributed by atoms with Gasteiger partial charge in [-0.3, -0.25) is 4.79 Å². The monoisotopic (exact) mass is 261 g/mol. The average Bonchev–Trinajstić information content (AvgIpc) is 2.85. The predicted molar refractivity (Wildman–Crippen MR) is 71.6 cm³/mol. The molecule has 1 aliphatic carbocycles. The van der Waals surface area contributed by atoms with Gasteiger partial charge in [-0.25, -0.2) is 4.79 Å². The summed E-state index contributed by atoms with van der Waals surface area (Å²) in [5.74, 6) is -1.38. The number of carbonyl (C=O) groups is 2. The molecule has 1 aromatic carbocycles. The van der Waals surface area contributed by atoms with Crippen molar-refractivity contribution in [2.75, 3.05) is 13.7 Å². The number of nitrogens with zero attached hydrogens (tertiary/aromatic N) is 1. The van der Waals surface area contributed by atoms with Gasteiger partial charge in [0.2, 0.25) is 0 Å². The van der Waals surface area contributed by atoms with Crippen molar-refractivity contribution in [3.05, 3.63) is 34.9 Å². The highest BCUT2D eigenvalue weighted by Gasteiger charge is 2.20. The highest BCUT2D eigenvalue weighted by atomic mass is 16.5. The molecular formula is C15H19NO3. The standard InChI is InChI=1S/C15H19NO3/c1-3-19-15(18)14(17)16(2)10-11-7-8-12-5-4-6-13(12)9-11/h7-9H,3-6,10H2,1-2H3. The van der Waals surface area contributed by atoms with Crippen LogP contribution in [0.15, 0.2) is 18.2 Å². The van der Waals surface area contributed by atoms with Gasteiger partial charge in [-0.05, 0) is 42.9 Å².